The largest absolute Gasteiger partial charge is 0.341 e. The van der Waals surface area contributed by atoms with Gasteiger partial charge in [0, 0.05) is 17.1 Å². The quantitative estimate of drug-likeness (QED) is 0.774. The van der Waals surface area contributed by atoms with Crippen molar-refractivity contribution in [2.24, 2.45) is 0 Å². The number of anilines is 2. The molecule has 0 fully saturated rings. The smallest absolute Gasteiger partial charge is 0.0546 e. The molecule has 0 spiro atoms. The first kappa shape index (κ1) is 11.1. The van der Waals surface area contributed by atoms with E-state index < -0.39 is 0 Å². The second kappa shape index (κ2) is 5.08. The number of benzene rings is 2. The van der Waals surface area contributed by atoms with Crippen LogP contribution in [0.25, 0.3) is 0 Å². The monoisotopic (exact) mass is 229 g/mol. The molecule has 0 saturated carbocycles. The van der Waals surface area contributed by atoms with E-state index in [9.17, 15) is 0 Å². The Labute approximate surface area is 102 Å². The molecule has 0 aliphatic carbocycles. The topological polar surface area (TPSA) is 3.24 Å². The summed E-state index contributed by atoms with van der Waals surface area (Å²) in [6, 6.07) is 18.5. The first-order chi connectivity index (χ1) is 7.83. The molecule has 16 heavy (non-hydrogen) atoms. The first-order valence-electron chi connectivity index (χ1n) is 5.43. The van der Waals surface area contributed by atoms with Crippen molar-refractivity contribution in [1.29, 1.82) is 0 Å². The van der Waals surface area contributed by atoms with E-state index in [4.69, 9.17) is 0 Å². The molecule has 0 aliphatic rings. The molecule has 1 nitrogen and oxygen atoms in total. The Morgan fingerprint density at radius 1 is 0.938 bits per heavy atom. The van der Waals surface area contributed by atoms with E-state index in [0.717, 1.165) is 17.1 Å². The molecule has 0 aliphatic heterocycles. The average molecular weight is 229 g/mol. The Morgan fingerprint density at radius 3 is 2.19 bits per heavy atom. The summed E-state index contributed by atoms with van der Waals surface area (Å²) < 4.78 is 0. The highest BCUT2D eigenvalue weighted by Crippen LogP contribution is 2.29. The summed E-state index contributed by atoms with van der Waals surface area (Å²) >= 11 is 4.50. The zero-order valence-electron chi connectivity index (χ0n) is 9.30. The molecule has 0 atom stereocenters. The predicted molar refractivity (Wildman–Crippen MR) is 72.8 cm³/mol. The third-order valence-corrected chi connectivity index (χ3v) is 2.93. The molecule has 0 N–H and O–H groups in total. The van der Waals surface area contributed by atoms with Gasteiger partial charge >= 0.3 is 0 Å². The average Bonchev–Trinajstić information content (AvgIpc) is 2.34. The minimum Gasteiger partial charge on any atom is -0.341 e. The fourth-order valence-corrected chi connectivity index (χ4v) is 2.07. The van der Waals surface area contributed by atoms with E-state index in [0.29, 0.717) is 0 Å². The highest BCUT2D eigenvalue weighted by atomic mass is 32.1. The normalized spacial score (nSPS) is 10.1. The standard InChI is InChI=1S/C14H15NS/c1-2-15(12-8-4-3-5-9-12)13-10-6-7-11-14(13)16/h3-11,16H,2H2,1H3. The van der Waals surface area contributed by atoms with Crippen molar-refractivity contribution in [2.75, 3.05) is 11.4 Å². The lowest BCUT2D eigenvalue weighted by Gasteiger charge is -2.24. The van der Waals surface area contributed by atoms with Crippen LogP contribution in [0.5, 0.6) is 0 Å². The van der Waals surface area contributed by atoms with Crippen molar-refractivity contribution in [2.45, 2.75) is 11.8 Å². The number of hydrogen-bond donors (Lipinski definition) is 1. The van der Waals surface area contributed by atoms with Gasteiger partial charge in [0.15, 0.2) is 0 Å². The second-order valence-corrected chi connectivity index (χ2v) is 4.05. The first-order valence-corrected chi connectivity index (χ1v) is 5.88. The lowest BCUT2D eigenvalue weighted by molar-refractivity contribution is 1.01. The molecule has 0 heterocycles. The van der Waals surface area contributed by atoms with Gasteiger partial charge < -0.3 is 4.90 Å². The predicted octanol–water partition coefficient (Wildman–Crippen LogP) is 4.13. The van der Waals surface area contributed by atoms with Crippen LogP contribution in [-0.4, -0.2) is 6.54 Å². The molecular weight excluding hydrogens is 214 g/mol. The molecule has 2 aromatic rings. The van der Waals surface area contributed by atoms with Crippen molar-refractivity contribution >= 4 is 24.0 Å². The fraction of sp³-hybridized carbons (Fsp3) is 0.143. The third kappa shape index (κ3) is 2.22. The van der Waals surface area contributed by atoms with Gasteiger partial charge in [-0.1, -0.05) is 30.3 Å². The van der Waals surface area contributed by atoms with E-state index >= 15 is 0 Å². The Kier molecular flexibility index (Phi) is 3.52. The van der Waals surface area contributed by atoms with Crippen LogP contribution in [0.15, 0.2) is 59.5 Å². The van der Waals surface area contributed by atoms with E-state index in [1.165, 1.54) is 5.69 Å². The summed E-state index contributed by atoms with van der Waals surface area (Å²) in [6.07, 6.45) is 0. The van der Waals surface area contributed by atoms with Crippen LogP contribution in [0, 0.1) is 0 Å². The Morgan fingerprint density at radius 2 is 1.56 bits per heavy atom. The van der Waals surface area contributed by atoms with Crippen LogP contribution < -0.4 is 4.90 Å². The van der Waals surface area contributed by atoms with E-state index in [1.54, 1.807) is 0 Å². The van der Waals surface area contributed by atoms with Crippen LogP contribution in [0.4, 0.5) is 11.4 Å². The minimum atomic E-state index is 0.932. The van der Waals surface area contributed by atoms with Crippen LogP contribution in [0.3, 0.4) is 0 Å². The summed E-state index contributed by atoms with van der Waals surface area (Å²) in [5.41, 5.74) is 2.35. The number of hydrogen-bond acceptors (Lipinski definition) is 2. The van der Waals surface area contributed by atoms with Crippen LogP contribution in [-0.2, 0) is 0 Å². The molecule has 0 unspecified atom stereocenters. The summed E-state index contributed by atoms with van der Waals surface area (Å²) in [5, 5.41) is 0. The molecule has 2 rings (SSSR count). The number of nitrogens with zero attached hydrogens (tertiary/aromatic N) is 1. The zero-order chi connectivity index (χ0) is 11.4. The molecule has 0 amide bonds. The van der Waals surface area contributed by atoms with Gasteiger partial charge in [0.25, 0.3) is 0 Å². The molecule has 2 aromatic carbocycles. The summed E-state index contributed by atoms with van der Waals surface area (Å²) in [5.74, 6) is 0. The van der Waals surface area contributed by atoms with Gasteiger partial charge in [-0.2, -0.15) is 0 Å². The van der Waals surface area contributed by atoms with Crippen molar-refractivity contribution in [3.63, 3.8) is 0 Å². The molecule has 0 radical (unpaired) electrons. The Hall–Kier alpha value is -1.41. The van der Waals surface area contributed by atoms with Gasteiger partial charge in [-0.3, -0.25) is 0 Å². The summed E-state index contributed by atoms with van der Waals surface area (Å²) in [7, 11) is 0. The Balaban J connectivity index is 2.41. The highest BCUT2D eigenvalue weighted by Gasteiger charge is 2.08. The van der Waals surface area contributed by atoms with Crippen molar-refractivity contribution in [1.82, 2.24) is 0 Å². The maximum Gasteiger partial charge on any atom is 0.0546 e. The third-order valence-electron chi connectivity index (χ3n) is 2.56. The molecule has 82 valence electrons. The van der Waals surface area contributed by atoms with Crippen LogP contribution in [0.2, 0.25) is 0 Å². The van der Waals surface area contributed by atoms with Gasteiger partial charge in [-0.25, -0.2) is 0 Å². The van der Waals surface area contributed by atoms with Gasteiger partial charge in [0.2, 0.25) is 0 Å². The number of para-hydroxylation sites is 2. The lowest BCUT2D eigenvalue weighted by Crippen LogP contribution is -2.16. The summed E-state index contributed by atoms with van der Waals surface area (Å²) in [6.45, 7) is 3.08. The molecule has 0 aromatic heterocycles. The molecule has 0 bridgehead atoms. The number of thiol groups is 1. The van der Waals surface area contributed by atoms with Crippen LogP contribution in [0.1, 0.15) is 6.92 Å². The van der Waals surface area contributed by atoms with E-state index in [1.807, 2.05) is 24.3 Å². The molecular formula is C14H15NS. The van der Waals surface area contributed by atoms with E-state index in [-0.39, 0.29) is 0 Å². The maximum absolute atomic E-state index is 4.50. The maximum atomic E-state index is 4.50. The van der Waals surface area contributed by atoms with Gasteiger partial charge in [0.1, 0.15) is 0 Å². The van der Waals surface area contributed by atoms with Crippen molar-refractivity contribution in [3.8, 4) is 0 Å². The summed E-state index contributed by atoms with van der Waals surface area (Å²) in [4.78, 5) is 3.26. The Bertz CT molecular complexity index is 453. The minimum absolute atomic E-state index is 0.932. The van der Waals surface area contributed by atoms with Gasteiger partial charge in [-0.05, 0) is 31.2 Å². The SMILES string of the molecule is CCN(c1ccccc1)c1ccccc1S. The fourth-order valence-electron chi connectivity index (χ4n) is 1.79. The highest BCUT2D eigenvalue weighted by molar-refractivity contribution is 7.80. The van der Waals surface area contributed by atoms with Crippen molar-refractivity contribution < 1.29 is 0 Å². The number of rotatable bonds is 3. The second-order valence-electron chi connectivity index (χ2n) is 3.57. The van der Waals surface area contributed by atoms with Gasteiger partial charge in [0.05, 0.1) is 5.69 Å². The lowest BCUT2D eigenvalue weighted by atomic mass is 10.2. The molecule has 0 saturated heterocycles. The zero-order valence-corrected chi connectivity index (χ0v) is 10.2. The van der Waals surface area contributed by atoms with Gasteiger partial charge in [-0.15, -0.1) is 12.6 Å². The van der Waals surface area contributed by atoms with E-state index in [2.05, 4.69) is 54.8 Å². The van der Waals surface area contributed by atoms with Crippen molar-refractivity contribution in [3.05, 3.63) is 54.6 Å². The van der Waals surface area contributed by atoms with Crippen LogP contribution >= 0.6 is 12.6 Å². The molecule has 2 heteroatoms.